The SMILES string of the molecule is FC(F)Oc1cccc(-c2csc(CNC3CC3)n2)c1. The van der Waals surface area contributed by atoms with Gasteiger partial charge in [-0.1, -0.05) is 12.1 Å². The third-order valence-corrected chi connectivity index (χ3v) is 3.87. The summed E-state index contributed by atoms with van der Waals surface area (Å²) in [7, 11) is 0. The molecule has 0 unspecified atom stereocenters. The number of hydrogen-bond acceptors (Lipinski definition) is 4. The number of thiazole rings is 1. The zero-order chi connectivity index (χ0) is 13.9. The summed E-state index contributed by atoms with van der Waals surface area (Å²) in [5.74, 6) is 0.156. The first-order valence-corrected chi connectivity index (χ1v) is 7.32. The summed E-state index contributed by atoms with van der Waals surface area (Å²) in [6.07, 6.45) is 2.48. The molecule has 3 nitrogen and oxygen atoms in total. The van der Waals surface area contributed by atoms with Crippen molar-refractivity contribution in [1.29, 1.82) is 0 Å². The largest absolute Gasteiger partial charge is 0.435 e. The maximum atomic E-state index is 12.2. The fraction of sp³-hybridized carbons (Fsp3) is 0.357. The molecule has 20 heavy (non-hydrogen) atoms. The van der Waals surface area contributed by atoms with Crippen LogP contribution in [0.5, 0.6) is 5.75 Å². The van der Waals surface area contributed by atoms with Crippen LogP contribution in [0.1, 0.15) is 17.8 Å². The third-order valence-electron chi connectivity index (χ3n) is 3.03. The minimum absolute atomic E-state index is 0.156. The molecule has 1 heterocycles. The van der Waals surface area contributed by atoms with Gasteiger partial charge in [0.05, 0.1) is 5.69 Å². The summed E-state index contributed by atoms with van der Waals surface area (Å²) in [5, 5.41) is 6.34. The molecule has 0 bridgehead atoms. The highest BCUT2D eigenvalue weighted by Gasteiger charge is 2.20. The van der Waals surface area contributed by atoms with Crippen LogP contribution in [0.3, 0.4) is 0 Å². The van der Waals surface area contributed by atoms with Gasteiger partial charge in [-0.15, -0.1) is 11.3 Å². The Balaban J connectivity index is 1.71. The second-order valence-electron chi connectivity index (χ2n) is 4.69. The van der Waals surface area contributed by atoms with Crippen molar-refractivity contribution >= 4 is 11.3 Å². The molecule has 1 aromatic carbocycles. The molecular weight excluding hydrogens is 282 g/mol. The average molecular weight is 296 g/mol. The summed E-state index contributed by atoms with van der Waals surface area (Å²) < 4.78 is 28.8. The van der Waals surface area contributed by atoms with E-state index in [9.17, 15) is 8.78 Å². The van der Waals surface area contributed by atoms with E-state index in [1.54, 1.807) is 23.5 Å². The van der Waals surface area contributed by atoms with Crippen molar-refractivity contribution in [2.75, 3.05) is 0 Å². The monoisotopic (exact) mass is 296 g/mol. The molecule has 0 saturated heterocycles. The third kappa shape index (κ3) is 3.52. The topological polar surface area (TPSA) is 34.1 Å². The second kappa shape index (κ2) is 5.85. The Morgan fingerprint density at radius 1 is 1.40 bits per heavy atom. The van der Waals surface area contributed by atoms with E-state index < -0.39 is 6.61 Å². The number of aromatic nitrogens is 1. The lowest BCUT2D eigenvalue weighted by molar-refractivity contribution is -0.0498. The van der Waals surface area contributed by atoms with Crippen LogP contribution in [0.4, 0.5) is 8.78 Å². The van der Waals surface area contributed by atoms with Crippen LogP contribution in [0, 0.1) is 0 Å². The highest BCUT2D eigenvalue weighted by atomic mass is 32.1. The van der Waals surface area contributed by atoms with Crippen LogP contribution in [-0.4, -0.2) is 17.6 Å². The molecule has 3 rings (SSSR count). The van der Waals surface area contributed by atoms with Crippen molar-refractivity contribution in [2.24, 2.45) is 0 Å². The average Bonchev–Trinajstić information content (AvgIpc) is 3.13. The lowest BCUT2D eigenvalue weighted by Gasteiger charge is -2.05. The van der Waals surface area contributed by atoms with Gasteiger partial charge in [-0.25, -0.2) is 4.98 Å². The van der Waals surface area contributed by atoms with Gasteiger partial charge in [0.15, 0.2) is 0 Å². The molecule has 1 aliphatic carbocycles. The van der Waals surface area contributed by atoms with Gasteiger partial charge in [0, 0.05) is 23.5 Å². The first-order valence-electron chi connectivity index (χ1n) is 6.44. The molecule has 0 aliphatic heterocycles. The van der Waals surface area contributed by atoms with Crippen LogP contribution in [0.25, 0.3) is 11.3 Å². The molecule has 1 fully saturated rings. The number of benzene rings is 1. The van der Waals surface area contributed by atoms with Crippen molar-refractivity contribution in [3.05, 3.63) is 34.7 Å². The summed E-state index contributed by atoms with van der Waals surface area (Å²) >= 11 is 1.57. The summed E-state index contributed by atoms with van der Waals surface area (Å²) in [6.45, 7) is -2.04. The number of halogens is 2. The van der Waals surface area contributed by atoms with E-state index in [0.29, 0.717) is 6.04 Å². The molecule has 1 aliphatic rings. The molecule has 0 radical (unpaired) electrons. The summed E-state index contributed by atoms with van der Waals surface area (Å²) in [4.78, 5) is 4.51. The van der Waals surface area contributed by atoms with Gasteiger partial charge in [0.1, 0.15) is 10.8 Å². The van der Waals surface area contributed by atoms with Crippen molar-refractivity contribution < 1.29 is 13.5 Å². The maximum Gasteiger partial charge on any atom is 0.387 e. The number of hydrogen-bond donors (Lipinski definition) is 1. The fourth-order valence-corrected chi connectivity index (χ4v) is 2.63. The highest BCUT2D eigenvalue weighted by Crippen LogP contribution is 2.27. The zero-order valence-corrected chi connectivity index (χ0v) is 11.5. The summed E-state index contributed by atoms with van der Waals surface area (Å²) in [6, 6.07) is 7.27. The Kier molecular flexibility index (Phi) is 3.93. The van der Waals surface area contributed by atoms with Crippen LogP contribution in [0.2, 0.25) is 0 Å². The van der Waals surface area contributed by atoms with Gasteiger partial charge < -0.3 is 10.1 Å². The molecule has 6 heteroatoms. The van der Waals surface area contributed by atoms with E-state index in [0.717, 1.165) is 22.8 Å². The maximum absolute atomic E-state index is 12.2. The molecule has 0 atom stereocenters. The van der Waals surface area contributed by atoms with E-state index >= 15 is 0 Å². The van der Waals surface area contributed by atoms with E-state index in [1.165, 1.54) is 18.9 Å². The zero-order valence-electron chi connectivity index (χ0n) is 10.7. The molecule has 1 saturated carbocycles. The van der Waals surface area contributed by atoms with Crippen LogP contribution in [-0.2, 0) is 6.54 Å². The van der Waals surface area contributed by atoms with Crippen molar-refractivity contribution in [1.82, 2.24) is 10.3 Å². The Morgan fingerprint density at radius 2 is 2.25 bits per heavy atom. The Labute approximate surface area is 119 Å². The quantitative estimate of drug-likeness (QED) is 0.883. The molecule has 106 valence electrons. The Morgan fingerprint density at radius 3 is 3.00 bits per heavy atom. The van der Waals surface area contributed by atoms with Gasteiger partial charge in [-0.2, -0.15) is 8.78 Å². The minimum atomic E-state index is -2.81. The molecule has 1 N–H and O–H groups in total. The van der Waals surface area contributed by atoms with Crippen LogP contribution in [0.15, 0.2) is 29.6 Å². The number of nitrogens with zero attached hydrogens (tertiary/aromatic N) is 1. The number of ether oxygens (including phenoxy) is 1. The second-order valence-corrected chi connectivity index (χ2v) is 5.63. The van der Waals surface area contributed by atoms with Gasteiger partial charge in [0.25, 0.3) is 0 Å². The smallest absolute Gasteiger partial charge is 0.387 e. The van der Waals surface area contributed by atoms with Crippen molar-refractivity contribution in [3.63, 3.8) is 0 Å². The van der Waals surface area contributed by atoms with Crippen LogP contribution < -0.4 is 10.1 Å². The van der Waals surface area contributed by atoms with Crippen molar-refractivity contribution in [2.45, 2.75) is 32.0 Å². The Bertz CT molecular complexity index is 584. The molecular formula is C14H14F2N2OS. The molecule has 1 aromatic heterocycles. The van der Waals surface area contributed by atoms with E-state index in [4.69, 9.17) is 0 Å². The standard InChI is InChI=1S/C14H14F2N2OS/c15-14(16)19-11-3-1-2-9(6-11)12-8-20-13(18-12)7-17-10-4-5-10/h1-3,6,8,10,14,17H,4-5,7H2. The van der Waals surface area contributed by atoms with E-state index in [-0.39, 0.29) is 5.75 Å². The first kappa shape index (κ1) is 13.5. The highest BCUT2D eigenvalue weighted by molar-refractivity contribution is 7.09. The molecule has 2 aromatic rings. The summed E-state index contributed by atoms with van der Waals surface area (Å²) in [5.41, 5.74) is 1.58. The van der Waals surface area contributed by atoms with Gasteiger partial charge >= 0.3 is 6.61 Å². The van der Waals surface area contributed by atoms with E-state index in [1.807, 2.05) is 11.4 Å². The Hall–Kier alpha value is -1.53. The minimum Gasteiger partial charge on any atom is -0.435 e. The van der Waals surface area contributed by atoms with Gasteiger partial charge in [0.2, 0.25) is 0 Å². The van der Waals surface area contributed by atoms with Gasteiger partial charge in [-0.05, 0) is 25.0 Å². The lowest BCUT2D eigenvalue weighted by Crippen LogP contribution is -2.14. The predicted octanol–water partition coefficient (Wildman–Crippen LogP) is 3.66. The van der Waals surface area contributed by atoms with Gasteiger partial charge in [-0.3, -0.25) is 0 Å². The molecule has 0 spiro atoms. The number of rotatable bonds is 6. The lowest BCUT2D eigenvalue weighted by atomic mass is 10.2. The van der Waals surface area contributed by atoms with E-state index in [2.05, 4.69) is 15.0 Å². The first-order chi connectivity index (χ1) is 9.70. The fourth-order valence-electron chi connectivity index (χ4n) is 1.88. The van der Waals surface area contributed by atoms with Crippen molar-refractivity contribution in [3.8, 4) is 17.0 Å². The normalized spacial score (nSPS) is 14.8. The number of nitrogens with one attached hydrogen (secondary N) is 1. The van der Waals surface area contributed by atoms with Crippen LogP contribution >= 0.6 is 11.3 Å². The molecule has 0 amide bonds. The predicted molar refractivity (Wildman–Crippen MR) is 74.0 cm³/mol. The number of alkyl halides is 2.